The average Bonchev–Trinajstić information content (AvgIpc) is 2.92. The van der Waals surface area contributed by atoms with Crippen molar-refractivity contribution in [2.24, 2.45) is 0 Å². The van der Waals surface area contributed by atoms with Gasteiger partial charge in [-0.15, -0.1) is 0 Å². The molecule has 0 radical (unpaired) electrons. The van der Waals surface area contributed by atoms with E-state index < -0.39 is 18.6 Å². The van der Waals surface area contributed by atoms with Crippen molar-refractivity contribution in [1.82, 2.24) is 15.6 Å². The number of halogens is 3. The van der Waals surface area contributed by atoms with E-state index in [0.717, 1.165) is 0 Å². The van der Waals surface area contributed by atoms with E-state index in [4.69, 9.17) is 0 Å². The summed E-state index contributed by atoms with van der Waals surface area (Å²) in [5, 5.41) is 5.85. The van der Waals surface area contributed by atoms with Crippen molar-refractivity contribution in [2.75, 3.05) is 6.54 Å². The molecule has 3 rings (SSSR count). The molecule has 2 N–H and O–H groups in total. The fourth-order valence-corrected chi connectivity index (χ4v) is 2.87. The minimum Gasteiger partial charge on any atom is -0.434 e. The Labute approximate surface area is 143 Å². The van der Waals surface area contributed by atoms with Crippen molar-refractivity contribution in [1.29, 1.82) is 0 Å². The first-order valence-electron chi connectivity index (χ1n) is 7.07. The molecule has 0 spiro atoms. The van der Waals surface area contributed by atoms with Crippen molar-refractivity contribution in [3.63, 3.8) is 0 Å². The van der Waals surface area contributed by atoms with E-state index in [-0.39, 0.29) is 17.2 Å². The second-order valence-electron chi connectivity index (χ2n) is 5.18. The van der Waals surface area contributed by atoms with E-state index in [1.165, 1.54) is 12.3 Å². The SMILES string of the molecule is O=C(NC1CCNC1=O)c1cnc2cc(OC(F)F)c(Br)cc2c1. The molecule has 9 heteroatoms. The molecule has 1 saturated heterocycles. The number of carbonyl (C=O) groups is 2. The van der Waals surface area contributed by atoms with Crippen molar-refractivity contribution < 1.29 is 23.1 Å². The van der Waals surface area contributed by atoms with E-state index in [1.807, 2.05) is 0 Å². The lowest BCUT2D eigenvalue weighted by atomic mass is 10.1. The van der Waals surface area contributed by atoms with Gasteiger partial charge in [0.15, 0.2) is 0 Å². The molecule has 1 aromatic heterocycles. The molecule has 2 aromatic rings. The van der Waals surface area contributed by atoms with Crippen molar-refractivity contribution in [3.8, 4) is 5.75 Å². The Balaban J connectivity index is 1.85. The third kappa shape index (κ3) is 3.45. The van der Waals surface area contributed by atoms with Crippen LogP contribution in [0.5, 0.6) is 5.75 Å². The van der Waals surface area contributed by atoms with Crippen molar-refractivity contribution in [2.45, 2.75) is 19.1 Å². The third-order valence-electron chi connectivity index (χ3n) is 3.57. The van der Waals surface area contributed by atoms with Gasteiger partial charge in [0.25, 0.3) is 5.91 Å². The van der Waals surface area contributed by atoms with Crippen LogP contribution in [0.15, 0.2) is 28.9 Å². The van der Waals surface area contributed by atoms with Gasteiger partial charge in [-0.3, -0.25) is 14.6 Å². The fraction of sp³-hybridized carbons (Fsp3) is 0.267. The normalized spacial score (nSPS) is 17.2. The summed E-state index contributed by atoms with van der Waals surface area (Å²) < 4.78 is 29.4. The molecule has 0 bridgehead atoms. The van der Waals surface area contributed by atoms with Crippen molar-refractivity contribution in [3.05, 3.63) is 34.4 Å². The van der Waals surface area contributed by atoms with Gasteiger partial charge in [-0.2, -0.15) is 8.78 Å². The maximum Gasteiger partial charge on any atom is 0.387 e. The van der Waals surface area contributed by atoms with Gasteiger partial charge in [0.05, 0.1) is 15.6 Å². The van der Waals surface area contributed by atoms with E-state index in [9.17, 15) is 18.4 Å². The number of alkyl halides is 2. The molecule has 0 saturated carbocycles. The fourth-order valence-electron chi connectivity index (χ4n) is 2.41. The van der Waals surface area contributed by atoms with Crippen LogP contribution in [-0.2, 0) is 4.79 Å². The monoisotopic (exact) mass is 399 g/mol. The smallest absolute Gasteiger partial charge is 0.387 e. The summed E-state index contributed by atoms with van der Waals surface area (Å²) in [5.74, 6) is -0.672. The van der Waals surface area contributed by atoms with Crippen LogP contribution < -0.4 is 15.4 Å². The number of carbonyl (C=O) groups excluding carboxylic acids is 2. The van der Waals surface area contributed by atoms with Gasteiger partial charge in [0, 0.05) is 24.2 Å². The molecule has 1 aliphatic heterocycles. The van der Waals surface area contributed by atoms with Gasteiger partial charge in [0.1, 0.15) is 11.8 Å². The lowest BCUT2D eigenvalue weighted by Crippen LogP contribution is -2.40. The Hall–Kier alpha value is -2.29. The number of nitrogens with one attached hydrogen (secondary N) is 2. The van der Waals surface area contributed by atoms with Gasteiger partial charge < -0.3 is 15.4 Å². The third-order valence-corrected chi connectivity index (χ3v) is 4.19. The zero-order chi connectivity index (χ0) is 17.3. The Bertz CT molecular complexity index is 816. The first kappa shape index (κ1) is 16.6. The first-order valence-corrected chi connectivity index (χ1v) is 7.86. The van der Waals surface area contributed by atoms with Crippen LogP contribution in [0.3, 0.4) is 0 Å². The molecule has 1 aromatic carbocycles. The molecule has 1 unspecified atom stereocenters. The van der Waals surface area contributed by atoms with E-state index in [1.54, 1.807) is 12.1 Å². The van der Waals surface area contributed by atoms with Crippen LogP contribution >= 0.6 is 15.9 Å². The number of amides is 2. The lowest BCUT2D eigenvalue weighted by Gasteiger charge is -2.11. The number of ether oxygens (including phenoxy) is 1. The highest BCUT2D eigenvalue weighted by Crippen LogP contribution is 2.31. The summed E-state index contributed by atoms with van der Waals surface area (Å²) >= 11 is 3.15. The second-order valence-corrected chi connectivity index (χ2v) is 6.04. The summed E-state index contributed by atoms with van der Waals surface area (Å²) in [6.07, 6.45) is 1.86. The highest BCUT2D eigenvalue weighted by molar-refractivity contribution is 9.10. The molecular weight excluding hydrogens is 388 g/mol. The average molecular weight is 400 g/mol. The Kier molecular flexibility index (Phi) is 4.61. The summed E-state index contributed by atoms with van der Waals surface area (Å²) in [6, 6.07) is 3.92. The molecule has 1 atom stereocenters. The van der Waals surface area contributed by atoms with E-state index >= 15 is 0 Å². The van der Waals surface area contributed by atoms with Gasteiger partial charge in [-0.05, 0) is 34.5 Å². The van der Waals surface area contributed by atoms with Crippen molar-refractivity contribution >= 4 is 38.6 Å². The van der Waals surface area contributed by atoms with Crippen LogP contribution in [0.1, 0.15) is 16.8 Å². The number of rotatable bonds is 4. The molecule has 2 amide bonds. The largest absolute Gasteiger partial charge is 0.434 e. The van der Waals surface area contributed by atoms with Gasteiger partial charge in [0.2, 0.25) is 5.91 Å². The minimum absolute atomic E-state index is 0.0372. The second kappa shape index (κ2) is 6.68. The first-order chi connectivity index (χ1) is 11.4. The summed E-state index contributed by atoms with van der Waals surface area (Å²) in [4.78, 5) is 27.8. The van der Waals surface area contributed by atoms with Crippen LogP contribution in [-0.4, -0.2) is 36.0 Å². The zero-order valence-electron chi connectivity index (χ0n) is 12.2. The quantitative estimate of drug-likeness (QED) is 0.825. The Morgan fingerprint density at radius 2 is 2.21 bits per heavy atom. The van der Waals surface area contributed by atoms with E-state index in [2.05, 4.69) is 36.3 Å². The number of benzene rings is 1. The molecule has 24 heavy (non-hydrogen) atoms. The molecule has 6 nitrogen and oxygen atoms in total. The maximum atomic E-state index is 12.3. The number of hydrogen-bond acceptors (Lipinski definition) is 4. The van der Waals surface area contributed by atoms with Crippen LogP contribution in [0.4, 0.5) is 8.78 Å². The molecule has 0 aliphatic carbocycles. The van der Waals surface area contributed by atoms with E-state index in [0.29, 0.717) is 28.3 Å². The molecule has 126 valence electrons. The zero-order valence-corrected chi connectivity index (χ0v) is 13.8. The molecule has 1 fully saturated rings. The number of aromatic nitrogens is 1. The van der Waals surface area contributed by atoms with Gasteiger partial charge >= 0.3 is 6.61 Å². The minimum atomic E-state index is -2.94. The number of pyridine rings is 1. The predicted octanol–water partition coefficient (Wildman–Crippen LogP) is 2.22. The highest BCUT2D eigenvalue weighted by atomic mass is 79.9. The highest BCUT2D eigenvalue weighted by Gasteiger charge is 2.26. The van der Waals surface area contributed by atoms with Gasteiger partial charge in [-0.25, -0.2) is 0 Å². The number of hydrogen-bond donors (Lipinski definition) is 2. The summed E-state index contributed by atoms with van der Waals surface area (Å²) in [7, 11) is 0. The maximum absolute atomic E-state index is 12.3. The Morgan fingerprint density at radius 1 is 1.42 bits per heavy atom. The molecule has 2 heterocycles. The van der Waals surface area contributed by atoms with Gasteiger partial charge in [-0.1, -0.05) is 0 Å². The topological polar surface area (TPSA) is 80.3 Å². The summed E-state index contributed by atoms with van der Waals surface area (Å²) in [5.41, 5.74) is 0.681. The van der Waals surface area contributed by atoms with Crippen LogP contribution in [0, 0.1) is 0 Å². The van der Waals surface area contributed by atoms with Crippen LogP contribution in [0.2, 0.25) is 0 Å². The lowest BCUT2D eigenvalue weighted by molar-refractivity contribution is -0.120. The Morgan fingerprint density at radius 3 is 2.88 bits per heavy atom. The molecular formula is C15H12BrF2N3O3. The number of fused-ring (bicyclic) bond motifs is 1. The predicted molar refractivity (Wildman–Crippen MR) is 85.0 cm³/mol. The standard InChI is InChI=1S/C15H12BrF2N3O3/c16-9-4-7-3-8(13(22)21-10-1-2-19-14(10)23)6-20-11(7)5-12(9)24-15(17)18/h3-6,10,15H,1-2H2,(H,19,23)(H,21,22). The number of nitrogens with zero attached hydrogens (tertiary/aromatic N) is 1. The van der Waals surface area contributed by atoms with Crippen LogP contribution in [0.25, 0.3) is 10.9 Å². The summed E-state index contributed by atoms with van der Waals surface area (Å²) in [6.45, 7) is -2.42. The molecule has 1 aliphatic rings.